The van der Waals surface area contributed by atoms with Gasteiger partial charge in [0, 0.05) is 6.04 Å². The molecule has 7 nitrogen and oxygen atoms in total. The molecule has 1 aliphatic carbocycles. The number of carbonyl (C=O) groups is 1. The molecule has 0 bridgehead atoms. The molecule has 1 fully saturated rings. The number of nitro groups is 1. The normalized spacial score (nSPS) is 15.1. The number of aromatic nitrogens is 2. The first-order valence-electron chi connectivity index (χ1n) is 4.17. The molecule has 1 saturated carbocycles. The van der Waals surface area contributed by atoms with E-state index in [1.54, 1.807) is 0 Å². The van der Waals surface area contributed by atoms with Crippen LogP contribution in [0.4, 0.5) is 5.82 Å². The van der Waals surface area contributed by atoms with Gasteiger partial charge in [-0.15, -0.1) is 0 Å². The van der Waals surface area contributed by atoms with E-state index in [0.717, 1.165) is 19.0 Å². The summed E-state index contributed by atoms with van der Waals surface area (Å²) in [6.45, 7) is 0. The molecular weight excluding hydrogens is 188 g/mol. The zero-order valence-corrected chi connectivity index (χ0v) is 7.19. The van der Waals surface area contributed by atoms with Gasteiger partial charge in [0.05, 0.1) is 0 Å². The summed E-state index contributed by atoms with van der Waals surface area (Å²) < 4.78 is 0. The van der Waals surface area contributed by atoms with Gasteiger partial charge >= 0.3 is 11.7 Å². The predicted molar refractivity (Wildman–Crippen MR) is 45.7 cm³/mol. The van der Waals surface area contributed by atoms with E-state index in [2.05, 4.69) is 15.3 Å². The lowest BCUT2D eigenvalue weighted by Crippen LogP contribution is -2.26. The first-order chi connectivity index (χ1) is 6.66. The molecule has 7 heteroatoms. The predicted octanol–water partition coefficient (Wildman–Crippen LogP) is 0.210. The number of amides is 1. The molecule has 1 amide bonds. The van der Waals surface area contributed by atoms with Crippen LogP contribution >= 0.6 is 0 Å². The van der Waals surface area contributed by atoms with E-state index in [1.807, 2.05) is 0 Å². The number of hydrogen-bond acceptors (Lipinski definition) is 4. The molecule has 2 rings (SSSR count). The fourth-order valence-corrected chi connectivity index (χ4v) is 1.00. The second-order valence-electron chi connectivity index (χ2n) is 3.12. The smallest absolute Gasteiger partial charge is 0.341 e. The van der Waals surface area contributed by atoms with E-state index in [9.17, 15) is 14.9 Å². The highest BCUT2D eigenvalue weighted by Gasteiger charge is 2.26. The van der Waals surface area contributed by atoms with Crippen LogP contribution in [0.3, 0.4) is 0 Å². The molecule has 0 aliphatic heterocycles. The summed E-state index contributed by atoms with van der Waals surface area (Å²) in [6.07, 6.45) is 2.96. The molecule has 1 aromatic heterocycles. The Kier molecular flexibility index (Phi) is 1.91. The summed E-state index contributed by atoms with van der Waals surface area (Å²) in [5, 5.41) is 12.9. The second-order valence-corrected chi connectivity index (χ2v) is 3.12. The highest BCUT2D eigenvalue weighted by molar-refractivity contribution is 5.91. The number of nitrogens with one attached hydrogen (secondary N) is 2. The first kappa shape index (κ1) is 8.67. The fourth-order valence-electron chi connectivity index (χ4n) is 1.00. The van der Waals surface area contributed by atoms with Crippen molar-refractivity contribution in [1.29, 1.82) is 0 Å². The summed E-state index contributed by atoms with van der Waals surface area (Å²) in [7, 11) is 0. The summed E-state index contributed by atoms with van der Waals surface area (Å²) >= 11 is 0. The molecule has 74 valence electrons. The van der Waals surface area contributed by atoms with Gasteiger partial charge in [-0.3, -0.25) is 4.79 Å². The summed E-state index contributed by atoms with van der Waals surface area (Å²) in [5.74, 6) is -0.671. The minimum atomic E-state index is -0.624. The molecule has 0 saturated heterocycles. The largest absolute Gasteiger partial charge is 0.358 e. The molecule has 1 heterocycles. The van der Waals surface area contributed by atoms with Crippen LogP contribution in [0.15, 0.2) is 6.20 Å². The van der Waals surface area contributed by atoms with Gasteiger partial charge in [0.2, 0.25) is 0 Å². The van der Waals surface area contributed by atoms with Crippen LogP contribution in [0.1, 0.15) is 23.5 Å². The van der Waals surface area contributed by atoms with E-state index < -0.39 is 4.92 Å². The van der Waals surface area contributed by atoms with E-state index >= 15 is 0 Å². The van der Waals surface area contributed by atoms with Crippen LogP contribution in [0.25, 0.3) is 0 Å². The summed E-state index contributed by atoms with van der Waals surface area (Å²) in [6, 6.07) is 0.214. The van der Waals surface area contributed by atoms with Crippen LogP contribution in [-0.2, 0) is 0 Å². The van der Waals surface area contributed by atoms with Gasteiger partial charge in [-0.25, -0.2) is 9.97 Å². The van der Waals surface area contributed by atoms with E-state index in [1.165, 1.54) is 0 Å². The SMILES string of the molecule is O=C(NC1CC1)c1ncc([N+](=O)[O-])[nH]1. The zero-order valence-electron chi connectivity index (χ0n) is 7.19. The highest BCUT2D eigenvalue weighted by atomic mass is 16.6. The standard InChI is InChI=1S/C7H8N4O3/c12-7(9-4-1-2-4)6-8-3-5(10-6)11(13)14/h3-4H,1-2H2,(H,8,10)(H,9,12). The number of rotatable bonds is 3. The maximum atomic E-state index is 11.3. The van der Waals surface area contributed by atoms with Gasteiger partial charge < -0.3 is 15.4 Å². The number of imidazole rings is 1. The van der Waals surface area contributed by atoms with Gasteiger partial charge in [0.15, 0.2) is 0 Å². The Morgan fingerprint density at radius 2 is 2.43 bits per heavy atom. The Morgan fingerprint density at radius 1 is 1.71 bits per heavy atom. The van der Waals surface area contributed by atoms with E-state index in [0.29, 0.717) is 0 Å². The zero-order chi connectivity index (χ0) is 10.1. The van der Waals surface area contributed by atoms with Crippen molar-refractivity contribution in [1.82, 2.24) is 15.3 Å². The molecule has 1 aliphatic rings. The van der Waals surface area contributed by atoms with Crippen molar-refractivity contribution in [2.45, 2.75) is 18.9 Å². The molecule has 0 unspecified atom stereocenters. The Balaban J connectivity index is 2.07. The minimum absolute atomic E-state index is 0.0106. The summed E-state index contributed by atoms with van der Waals surface area (Å²) in [5.41, 5.74) is 0. The molecule has 2 N–H and O–H groups in total. The molecule has 0 spiro atoms. The lowest BCUT2D eigenvalue weighted by Gasteiger charge is -1.95. The fraction of sp³-hybridized carbons (Fsp3) is 0.429. The number of nitrogens with zero attached hydrogens (tertiary/aromatic N) is 2. The molecule has 0 atom stereocenters. The minimum Gasteiger partial charge on any atom is -0.358 e. The highest BCUT2D eigenvalue weighted by Crippen LogP contribution is 2.19. The van der Waals surface area contributed by atoms with Gasteiger partial charge in [-0.2, -0.15) is 0 Å². The third kappa shape index (κ3) is 1.70. The Labute approximate surface area is 78.7 Å². The van der Waals surface area contributed by atoms with Crippen LogP contribution in [-0.4, -0.2) is 26.8 Å². The van der Waals surface area contributed by atoms with Gasteiger partial charge in [0.25, 0.3) is 5.82 Å². The average molecular weight is 196 g/mol. The van der Waals surface area contributed by atoms with Gasteiger partial charge in [-0.05, 0) is 17.8 Å². The Hall–Kier alpha value is -1.92. The van der Waals surface area contributed by atoms with E-state index in [4.69, 9.17) is 0 Å². The topological polar surface area (TPSA) is 101 Å². The number of aromatic amines is 1. The summed E-state index contributed by atoms with van der Waals surface area (Å²) in [4.78, 5) is 26.9. The van der Waals surface area contributed by atoms with Gasteiger partial charge in [0.1, 0.15) is 6.20 Å². The Bertz CT molecular complexity index is 382. The monoisotopic (exact) mass is 196 g/mol. The maximum Gasteiger partial charge on any atom is 0.341 e. The molecule has 0 aromatic carbocycles. The van der Waals surface area contributed by atoms with Crippen molar-refractivity contribution >= 4 is 11.7 Å². The lowest BCUT2D eigenvalue weighted by atomic mass is 10.5. The molecular formula is C7H8N4O3. The lowest BCUT2D eigenvalue weighted by molar-refractivity contribution is -0.389. The number of carbonyl (C=O) groups excluding carboxylic acids is 1. The van der Waals surface area contributed by atoms with Crippen LogP contribution < -0.4 is 5.32 Å². The quantitative estimate of drug-likeness (QED) is 0.533. The van der Waals surface area contributed by atoms with Crippen molar-refractivity contribution in [2.24, 2.45) is 0 Å². The van der Waals surface area contributed by atoms with Gasteiger partial charge in [-0.1, -0.05) is 0 Å². The van der Waals surface area contributed by atoms with Crippen LogP contribution in [0.5, 0.6) is 0 Å². The van der Waals surface area contributed by atoms with Crippen molar-refractivity contribution in [3.05, 3.63) is 22.1 Å². The van der Waals surface area contributed by atoms with Crippen molar-refractivity contribution in [3.8, 4) is 0 Å². The van der Waals surface area contributed by atoms with Crippen LogP contribution in [0, 0.1) is 10.1 Å². The van der Waals surface area contributed by atoms with E-state index in [-0.39, 0.29) is 23.6 Å². The first-order valence-corrected chi connectivity index (χ1v) is 4.17. The second kappa shape index (κ2) is 3.09. The van der Waals surface area contributed by atoms with Crippen molar-refractivity contribution in [3.63, 3.8) is 0 Å². The molecule has 1 aromatic rings. The molecule has 0 radical (unpaired) electrons. The number of hydrogen-bond donors (Lipinski definition) is 2. The average Bonchev–Trinajstić information content (AvgIpc) is 2.81. The maximum absolute atomic E-state index is 11.3. The number of H-pyrrole nitrogens is 1. The molecule has 14 heavy (non-hydrogen) atoms. The van der Waals surface area contributed by atoms with Crippen molar-refractivity contribution in [2.75, 3.05) is 0 Å². The third-order valence-corrected chi connectivity index (χ3v) is 1.89. The third-order valence-electron chi connectivity index (χ3n) is 1.89. The van der Waals surface area contributed by atoms with Crippen molar-refractivity contribution < 1.29 is 9.72 Å². The van der Waals surface area contributed by atoms with Crippen LogP contribution in [0.2, 0.25) is 0 Å². The Morgan fingerprint density at radius 3 is 2.93 bits per heavy atom.